The van der Waals surface area contributed by atoms with Crippen molar-refractivity contribution in [2.45, 2.75) is 45.6 Å². The van der Waals surface area contributed by atoms with Gasteiger partial charge in [0.15, 0.2) is 5.96 Å². The van der Waals surface area contributed by atoms with Crippen molar-refractivity contribution in [3.8, 4) is 0 Å². The fourth-order valence-corrected chi connectivity index (χ4v) is 3.26. The number of rotatable bonds is 9. The van der Waals surface area contributed by atoms with Gasteiger partial charge in [-0.3, -0.25) is 9.67 Å². The monoisotopic (exact) mass is 334 g/mol. The first-order valence-electron chi connectivity index (χ1n) is 9.42. The Morgan fingerprint density at radius 3 is 2.75 bits per heavy atom. The highest BCUT2D eigenvalue weighted by atomic mass is 15.3. The van der Waals surface area contributed by atoms with Gasteiger partial charge < -0.3 is 15.5 Å². The molecule has 0 bridgehead atoms. The maximum absolute atomic E-state index is 4.28. The van der Waals surface area contributed by atoms with Gasteiger partial charge in [-0.25, -0.2) is 0 Å². The van der Waals surface area contributed by atoms with Gasteiger partial charge in [0, 0.05) is 45.6 Å². The van der Waals surface area contributed by atoms with Crippen molar-refractivity contribution >= 4 is 5.96 Å². The third-order valence-corrected chi connectivity index (χ3v) is 4.57. The highest BCUT2D eigenvalue weighted by Crippen LogP contribution is 2.15. The predicted molar refractivity (Wildman–Crippen MR) is 100 cm³/mol. The molecule has 136 valence electrons. The Labute approximate surface area is 146 Å². The second-order valence-electron chi connectivity index (χ2n) is 6.80. The molecule has 1 aromatic rings. The lowest BCUT2D eigenvalue weighted by Crippen LogP contribution is -2.39. The molecule has 0 aromatic carbocycles. The summed E-state index contributed by atoms with van der Waals surface area (Å²) in [5, 5.41) is 11.0. The van der Waals surface area contributed by atoms with E-state index in [2.05, 4.69) is 32.5 Å². The lowest BCUT2D eigenvalue weighted by atomic mass is 10.0. The smallest absolute Gasteiger partial charge is 0.190 e. The molecule has 24 heavy (non-hydrogen) atoms. The first-order chi connectivity index (χ1) is 11.8. The number of hydrogen-bond acceptors (Lipinski definition) is 3. The van der Waals surface area contributed by atoms with E-state index in [0.29, 0.717) is 0 Å². The van der Waals surface area contributed by atoms with Gasteiger partial charge in [0.2, 0.25) is 0 Å². The summed E-state index contributed by atoms with van der Waals surface area (Å²) in [6.45, 7) is 9.01. The maximum Gasteiger partial charge on any atom is 0.190 e. The number of guanidine groups is 1. The van der Waals surface area contributed by atoms with E-state index in [9.17, 15) is 0 Å². The second-order valence-corrected chi connectivity index (χ2v) is 6.80. The number of nitrogens with one attached hydrogen (secondary N) is 2. The Hall–Kier alpha value is -1.56. The summed E-state index contributed by atoms with van der Waals surface area (Å²) in [6.07, 6.45) is 10.1. The van der Waals surface area contributed by atoms with Crippen LogP contribution in [0.3, 0.4) is 0 Å². The van der Waals surface area contributed by atoms with E-state index in [-0.39, 0.29) is 0 Å². The van der Waals surface area contributed by atoms with E-state index >= 15 is 0 Å². The minimum Gasteiger partial charge on any atom is -0.356 e. The van der Waals surface area contributed by atoms with E-state index in [0.717, 1.165) is 37.9 Å². The normalized spacial score (nSPS) is 19.4. The Balaban J connectivity index is 1.47. The van der Waals surface area contributed by atoms with Gasteiger partial charge in [-0.15, -0.1) is 0 Å². The zero-order valence-corrected chi connectivity index (χ0v) is 15.4. The van der Waals surface area contributed by atoms with Gasteiger partial charge in [-0.1, -0.05) is 6.92 Å². The van der Waals surface area contributed by atoms with Crippen molar-refractivity contribution in [2.75, 3.05) is 39.8 Å². The Bertz CT molecular complexity index is 456. The fourth-order valence-electron chi connectivity index (χ4n) is 3.26. The topological polar surface area (TPSA) is 57.5 Å². The molecular formula is C18H34N6. The molecule has 0 saturated carbocycles. The van der Waals surface area contributed by atoms with Gasteiger partial charge in [0.05, 0.1) is 0 Å². The minimum absolute atomic E-state index is 0.877. The number of hydrogen-bond donors (Lipinski definition) is 2. The van der Waals surface area contributed by atoms with Crippen LogP contribution in [0.15, 0.2) is 23.5 Å². The zero-order chi connectivity index (χ0) is 17.0. The summed E-state index contributed by atoms with van der Waals surface area (Å²) >= 11 is 0. The molecule has 0 radical (unpaired) electrons. The van der Waals surface area contributed by atoms with Crippen molar-refractivity contribution in [3.63, 3.8) is 0 Å². The number of nitrogens with zero attached hydrogens (tertiary/aromatic N) is 4. The Kier molecular flexibility index (Phi) is 8.66. The maximum atomic E-state index is 4.28. The summed E-state index contributed by atoms with van der Waals surface area (Å²) in [6, 6.07) is 1.96. The number of aliphatic imine (C=N–C) groups is 1. The van der Waals surface area contributed by atoms with Crippen LogP contribution in [0.25, 0.3) is 0 Å². The van der Waals surface area contributed by atoms with Crippen LogP contribution in [0.4, 0.5) is 0 Å². The highest BCUT2D eigenvalue weighted by molar-refractivity contribution is 5.79. The van der Waals surface area contributed by atoms with E-state index in [1.165, 1.54) is 45.3 Å². The third kappa shape index (κ3) is 7.34. The van der Waals surface area contributed by atoms with E-state index in [1.54, 1.807) is 0 Å². The number of aryl methyl sites for hydroxylation is 1. The van der Waals surface area contributed by atoms with Crippen LogP contribution < -0.4 is 10.6 Å². The van der Waals surface area contributed by atoms with Crippen molar-refractivity contribution < 1.29 is 0 Å². The van der Waals surface area contributed by atoms with E-state index < -0.39 is 0 Å². The molecule has 0 aliphatic carbocycles. The molecule has 1 aliphatic rings. The first kappa shape index (κ1) is 18.8. The standard InChI is InChI=1S/C18H34N6/c1-17-8-5-13-23(16-17)12-4-3-9-20-18(19-2)21-10-6-14-24-15-7-11-22-24/h7,11,15,17H,3-6,8-10,12-14,16H2,1-2H3,(H2,19,20,21). The fraction of sp³-hybridized carbons (Fsp3) is 0.778. The molecule has 2 heterocycles. The molecule has 1 atom stereocenters. The van der Waals surface area contributed by atoms with Crippen LogP contribution >= 0.6 is 0 Å². The van der Waals surface area contributed by atoms with Crippen LogP contribution in [0.1, 0.15) is 39.0 Å². The summed E-state index contributed by atoms with van der Waals surface area (Å²) in [5.74, 6) is 1.78. The van der Waals surface area contributed by atoms with Gasteiger partial charge in [0.25, 0.3) is 0 Å². The van der Waals surface area contributed by atoms with Crippen molar-refractivity contribution in [1.29, 1.82) is 0 Å². The average molecular weight is 335 g/mol. The molecule has 6 heteroatoms. The van der Waals surface area contributed by atoms with Crippen LogP contribution in [-0.2, 0) is 6.54 Å². The number of aromatic nitrogens is 2. The zero-order valence-electron chi connectivity index (χ0n) is 15.4. The number of unbranched alkanes of at least 4 members (excludes halogenated alkanes) is 1. The number of likely N-dealkylation sites (tertiary alicyclic amines) is 1. The molecule has 0 spiro atoms. The molecule has 1 aliphatic heterocycles. The third-order valence-electron chi connectivity index (χ3n) is 4.57. The summed E-state index contributed by atoms with van der Waals surface area (Å²) < 4.78 is 1.96. The molecule has 2 rings (SSSR count). The molecular weight excluding hydrogens is 300 g/mol. The van der Waals surface area contributed by atoms with Crippen molar-refractivity contribution in [2.24, 2.45) is 10.9 Å². The Morgan fingerprint density at radius 1 is 1.21 bits per heavy atom. The largest absolute Gasteiger partial charge is 0.356 e. The first-order valence-corrected chi connectivity index (χ1v) is 9.42. The summed E-state index contributed by atoms with van der Waals surface area (Å²) in [7, 11) is 1.83. The quantitative estimate of drug-likeness (QED) is 0.412. The van der Waals surface area contributed by atoms with Gasteiger partial charge in [-0.2, -0.15) is 5.10 Å². The molecule has 1 unspecified atom stereocenters. The number of piperidine rings is 1. The van der Waals surface area contributed by atoms with Crippen molar-refractivity contribution in [3.05, 3.63) is 18.5 Å². The molecule has 1 saturated heterocycles. The lowest BCUT2D eigenvalue weighted by molar-refractivity contribution is 0.181. The molecule has 1 fully saturated rings. The Morgan fingerprint density at radius 2 is 2.04 bits per heavy atom. The average Bonchev–Trinajstić information content (AvgIpc) is 3.10. The second kappa shape index (κ2) is 11.1. The SMILES string of the molecule is CN=C(NCCCCN1CCCC(C)C1)NCCCn1cccn1. The lowest BCUT2D eigenvalue weighted by Gasteiger charge is -2.30. The van der Waals surface area contributed by atoms with E-state index in [4.69, 9.17) is 0 Å². The van der Waals surface area contributed by atoms with Crippen LogP contribution in [-0.4, -0.2) is 60.4 Å². The van der Waals surface area contributed by atoms with Crippen LogP contribution in [0.5, 0.6) is 0 Å². The van der Waals surface area contributed by atoms with Gasteiger partial charge >= 0.3 is 0 Å². The van der Waals surface area contributed by atoms with Crippen LogP contribution in [0, 0.1) is 5.92 Å². The summed E-state index contributed by atoms with van der Waals surface area (Å²) in [5.41, 5.74) is 0. The predicted octanol–water partition coefficient (Wildman–Crippen LogP) is 1.95. The van der Waals surface area contributed by atoms with Crippen molar-refractivity contribution in [1.82, 2.24) is 25.3 Å². The minimum atomic E-state index is 0.877. The van der Waals surface area contributed by atoms with Gasteiger partial charge in [-0.05, 0) is 57.2 Å². The molecule has 6 nitrogen and oxygen atoms in total. The van der Waals surface area contributed by atoms with E-state index in [1.807, 2.05) is 30.2 Å². The summed E-state index contributed by atoms with van der Waals surface area (Å²) in [4.78, 5) is 6.90. The van der Waals surface area contributed by atoms with Gasteiger partial charge in [0.1, 0.15) is 0 Å². The van der Waals surface area contributed by atoms with Crippen LogP contribution in [0.2, 0.25) is 0 Å². The molecule has 1 aromatic heterocycles. The highest BCUT2D eigenvalue weighted by Gasteiger charge is 2.15. The molecule has 0 amide bonds. The molecule has 2 N–H and O–H groups in total.